The van der Waals surface area contributed by atoms with Crippen molar-refractivity contribution < 1.29 is 9.84 Å². The van der Waals surface area contributed by atoms with E-state index in [9.17, 15) is 0 Å². The predicted octanol–water partition coefficient (Wildman–Crippen LogP) is 2.68. The first-order chi connectivity index (χ1) is 7.88. The largest absolute Gasteiger partial charge is 0.474 e. The van der Waals surface area contributed by atoms with Gasteiger partial charge in [-0.15, -0.1) is 0 Å². The van der Waals surface area contributed by atoms with Gasteiger partial charge in [-0.2, -0.15) is 0 Å². The van der Waals surface area contributed by atoms with Gasteiger partial charge in [-0.05, 0) is 31.7 Å². The monoisotopic (exact) mass is 221 g/mol. The van der Waals surface area contributed by atoms with E-state index in [1.807, 2.05) is 12.1 Å². The molecule has 1 saturated carbocycles. The third-order valence-corrected chi connectivity index (χ3v) is 3.03. The Balaban J connectivity index is 1.96. The molecule has 0 aromatic carbocycles. The van der Waals surface area contributed by atoms with Crippen LogP contribution < -0.4 is 4.74 Å². The smallest absolute Gasteiger partial charge is 0.213 e. The van der Waals surface area contributed by atoms with Crippen LogP contribution in [0.5, 0.6) is 5.88 Å². The summed E-state index contributed by atoms with van der Waals surface area (Å²) in [4.78, 5) is 4.24. The Morgan fingerprint density at radius 1 is 1.19 bits per heavy atom. The number of hydrogen-bond donors (Lipinski definition) is 1. The van der Waals surface area contributed by atoms with Crippen molar-refractivity contribution in [3.05, 3.63) is 23.9 Å². The summed E-state index contributed by atoms with van der Waals surface area (Å²) in [7, 11) is 0. The summed E-state index contributed by atoms with van der Waals surface area (Å²) in [5.74, 6) is 0.651. The summed E-state index contributed by atoms with van der Waals surface area (Å²) in [6.07, 6.45) is 7.72. The zero-order valence-corrected chi connectivity index (χ0v) is 9.56. The van der Waals surface area contributed by atoms with E-state index in [-0.39, 0.29) is 6.61 Å². The van der Waals surface area contributed by atoms with Gasteiger partial charge in [0.15, 0.2) is 0 Å². The number of nitrogens with zero attached hydrogens (tertiary/aromatic N) is 1. The maximum absolute atomic E-state index is 8.99. The van der Waals surface area contributed by atoms with Crippen LogP contribution in [0.2, 0.25) is 0 Å². The molecule has 1 aliphatic carbocycles. The van der Waals surface area contributed by atoms with Gasteiger partial charge in [0.1, 0.15) is 6.10 Å². The molecule has 0 unspecified atom stereocenters. The minimum Gasteiger partial charge on any atom is -0.474 e. The van der Waals surface area contributed by atoms with Gasteiger partial charge in [0.25, 0.3) is 0 Å². The molecule has 0 radical (unpaired) electrons. The molecule has 1 aromatic rings. The van der Waals surface area contributed by atoms with Gasteiger partial charge < -0.3 is 9.84 Å². The van der Waals surface area contributed by atoms with Crippen LogP contribution in [0.25, 0.3) is 0 Å². The topological polar surface area (TPSA) is 42.4 Å². The van der Waals surface area contributed by atoms with Crippen molar-refractivity contribution in [3.63, 3.8) is 0 Å². The first-order valence-electron chi connectivity index (χ1n) is 6.12. The lowest BCUT2D eigenvalue weighted by molar-refractivity contribution is 0.174. The van der Waals surface area contributed by atoms with E-state index < -0.39 is 0 Å². The number of hydrogen-bond acceptors (Lipinski definition) is 3. The van der Waals surface area contributed by atoms with Crippen LogP contribution >= 0.6 is 0 Å². The zero-order valence-electron chi connectivity index (χ0n) is 9.56. The summed E-state index contributed by atoms with van der Waals surface area (Å²) in [5.41, 5.74) is 0.672. The van der Waals surface area contributed by atoms with Gasteiger partial charge in [0.2, 0.25) is 5.88 Å². The van der Waals surface area contributed by atoms with E-state index >= 15 is 0 Å². The molecule has 1 heterocycles. The Hall–Kier alpha value is -1.09. The first-order valence-corrected chi connectivity index (χ1v) is 6.12. The molecular formula is C13H19NO2. The molecule has 1 aromatic heterocycles. The molecule has 1 aliphatic rings. The van der Waals surface area contributed by atoms with Gasteiger partial charge in [-0.3, -0.25) is 0 Å². The number of aliphatic hydroxyl groups is 1. The van der Waals surface area contributed by atoms with Crippen LogP contribution in [0.3, 0.4) is 0 Å². The van der Waals surface area contributed by atoms with Crippen LogP contribution in [0.15, 0.2) is 18.2 Å². The van der Waals surface area contributed by atoms with Crippen molar-refractivity contribution >= 4 is 0 Å². The summed E-state index contributed by atoms with van der Waals surface area (Å²) in [6, 6.07) is 5.55. The number of pyridine rings is 1. The van der Waals surface area contributed by atoms with E-state index in [1.165, 1.54) is 25.7 Å². The molecule has 2 rings (SSSR count). The molecule has 0 saturated heterocycles. The number of aliphatic hydroxyl groups excluding tert-OH is 1. The predicted molar refractivity (Wildman–Crippen MR) is 62.3 cm³/mol. The van der Waals surface area contributed by atoms with Crippen LogP contribution in [-0.4, -0.2) is 16.2 Å². The highest BCUT2D eigenvalue weighted by Gasteiger charge is 2.14. The molecule has 0 amide bonds. The van der Waals surface area contributed by atoms with Crippen molar-refractivity contribution in [2.45, 2.75) is 51.2 Å². The van der Waals surface area contributed by atoms with Gasteiger partial charge in [0, 0.05) is 6.07 Å². The Morgan fingerprint density at radius 3 is 2.62 bits per heavy atom. The molecule has 3 heteroatoms. The Bertz CT molecular complexity index is 319. The molecule has 3 nitrogen and oxygen atoms in total. The highest BCUT2D eigenvalue weighted by Crippen LogP contribution is 2.21. The van der Waals surface area contributed by atoms with Crippen molar-refractivity contribution in [3.8, 4) is 5.88 Å². The summed E-state index contributed by atoms with van der Waals surface area (Å²) < 4.78 is 5.86. The number of rotatable bonds is 3. The molecule has 0 aliphatic heterocycles. The van der Waals surface area contributed by atoms with Crippen LogP contribution in [-0.2, 0) is 6.61 Å². The average molecular weight is 221 g/mol. The maximum Gasteiger partial charge on any atom is 0.213 e. The van der Waals surface area contributed by atoms with Crippen molar-refractivity contribution in [1.82, 2.24) is 4.98 Å². The fourth-order valence-corrected chi connectivity index (χ4v) is 2.14. The summed E-state index contributed by atoms with van der Waals surface area (Å²) >= 11 is 0. The second-order valence-corrected chi connectivity index (χ2v) is 4.36. The number of aromatic nitrogens is 1. The first kappa shape index (κ1) is 11.4. The van der Waals surface area contributed by atoms with Crippen LogP contribution in [0, 0.1) is 0 Å². The normalized spacial score (nSPS) is 18.1. The quantitative estimate of drug-likeness (QED) is 0.798. The van der Waals surface area contributed by atoms with E-state index in [0.717, 1.165) is 12.8 Å². The molecule has 0 spiro atoms. The number of ether oxygens (including phenoxy) is 1. The average Bonchev–Trinajstić information content (AvgIpc) is 2.58. The van der Waals surface area contributed by atoms with Crippen molar-refractivity contribution in [1.29, 1.82) is 0 Å². The second kappa shape index (κ2) is 5.85. The maximum atomic E-state index is 8.99. The minimum absolute atomic E-state index is 0.0259. The van der Waals surface area contributed by atoms with E-state index in [2.05, 4.69) is 4.98 Å². The lowest BCUT2D eigenvalue weighted by Gasteiger charge is -2.16. The molecular weight excluding hydrogens is 202 g/mol. The highest BCUT2D eigenvalue weighted by atomic mass is 16.5. The standard InChI is InChI=1S/C13H19NO2/c15-10-11-6-5-9-13(14-11)16-12-7-3-1-2-4-8-12/h5-6,9,12,15H,1-4,7-8,10H2. The molecule has 1 fully saturated rings. The third-order valence-electron chi connectivity index (χ3n) is 3.03. The van der Waals surface area contributed by atoms with Crippen molar-refractivity contribution in [2.24, 2.45) is 0 Å². The molecule has 88 valence electrons. The Labute approximate surface area is 96.5 Å². The fraction of sp³-hybridized carbons (Fsp3) is 0.615. The molecule has 0 atom stereocenters. The minimum atomic E-state index is -0.0259. The zero-order chi connectivity index (χ0) is 11.2. The summed E-state index contributed by atoms with van der Waals surface area (Å²) in [5, 5.41) is 8.99. The molecule has 1 N–H and O–H groups in total. The van der Waals surface area contributed by atoms with E-state index in [1.54, 1.807) is 6.07 Å². The van der Waals surface area contributed by atoms with Gasteiger partial charge in [-0.1, -0.05) is 18.9 Å². The van der Waals surface area contributed by atoms with Gasteiger partial charge >= 0.3 is 0 Å². The molecule has 0 bridgehead atoms. The van der Waals surface area contributed by atoms with E-state index in [4.69, 9.17) is 9.84 Å². The van der Waals surface area contributed by atoms with Gasteiger partial charge in [-0.25, -0.2) is 4.98 Å². The second-order valence-electron chi connectivity index (χ2n) is 4.36. The lowest BCUT2D eigenvalue weighted by atomic mass is 10.1. The molecule has 16 heavy (non-hydrogen) atoms. The SMILES string of the molecule is OCc1cccc(OC2CCCCCC2)n1. The van der Waals surface area contributed by atoms with Gasteiger partial charge in [0.05, 0.1) is 12.3 Å². The van der Waals surface area contributed by atoms with E-state index in [0.29, 0.717) is 17.7 Å². The summed E-state index contributed by atoms with van der Waals surface area (Å²) in [6.45, 7) is -0.0259. The third kappa shape index (κ3) is 3.20. The Morgan fingerprint density at radius 2 is 1.94 bits per heavy atom. The Kier molecular flexibility index (Phi) is 4.17. The fourth-order valence-electron chi connectivity index (χ4n) is 2.14. The van der Waals surface area contributed by atoms with Crippen LogP contribution in [0.4, 0.5) is 0 Å². The lowest BCUT2D eigenvalue weighted by Crippen LogP contribution is -2.16. The van der Waals surface area contributed by atoms with Crippen LogP contribution in [0.1, 0.15) is 44.2 Å². The highest BCUT2D eigenvalue weighted by molar-refractivity contribution is 5.15. The van der Waals surface area contributed by atoms with Crippen molar-refractivity contribution in [2.75, 3.05) is 0 Å².